The first-order valence-electron chi connectivity index (χ1n) is 3.17. The molecule has 0 radical (unpaired) electrons. The lowest BCUT2D eigenvalue weighted by atomic mass is 10.2. The number of fused-ring (bicyclic) bond motifs is 1. The van der Waals surface area contributed by atoms with Crippen LogP contribution in [-0.4, -0.2) is 6.61 Å². The molecule has 1 aromatic rings. The van der Waals surface area contributed by atoms with Gasteiger partial charge in [0.2, 0.25) is 0 Å². The summed E-state index contributed by atoms with van der Waals surface area (Å²) in [6, 6.07) is 8.18. The quantitative estimate of drug-likeness (QED) is 0.559. The molecule has 1 aromatic carbocycles. The Morgan fingerprint density at radius 1 is 1.20 bits per heavy atom. The predicted octanol–water partition coefficient (Wildman–Crippen LogP) is 2.04. The average Bonchev–Trinajstić information content (AvgIpc) is 2.33. The van der Waals surface area contributed by atoms with Gasteiger partial charge in [-0.2, -0.15) is 0 Å². The number of ether oxygens (including phenoxy) is 1. The van der Waals surface area contributed by atoms with Gasteiger partial charge in [-0.25, -0.2) is 0 Å². The molecule has 0 saturated heterocycles. The highest BCUT2D eigenvalue weighted by Crippen LogP contribution is 2.23. The first kappa shape index (κ1) is 7.42. The van der Waals surface area contributed by atoms with Gasteiger partial charge in [-0.1, -0.05) is 18.2 Å². The first-order chi connectivity index (χ1) is 4.47. The van der Waals surface area contributed by atoms with E-state index >= 15 is 0 Å². The molecule has 0 fully saturated rings. The smallest absolute Gasteiger partial charge is 0.122 e. The Kier molecular flexibility index (Phi) is 2.17. The van der Waals surface area contributed by atoms with Gasteiger partial charge in [0.05, 0.1) is 6.61 Å². The van der Waals surface area contributed by atoms with E-state index in [4.69, 9.17) is 4.74 Å². The van der Waals surface area contributed by atoms with Gasteiger partial charge in [-0.3, -0.25) is 0 Å². The fourth-order valence-electron chi connectivity index (χ4n) is 1.12. The Morgan fingerprint density at radius 2 is 2.00 bits per heavy atom. The van der Waals surface area contributed by atoms with Crippen LogP contribution in [0.1, 0.15) is 5.56 Å². The van der Waals surface area contributed by atoms with Crippen molar-refractivity contribution < 1.29 is 4.74 Å². The summed E-state index contributed by atoms with van der Waals surface area (Å²) in [5.41, 5.74) is 1.34. The molecule has 0 amide bonds. The standard InChI is InChI=1S/C8H8O.ClH/c1-2-4-8-7(3-1)5-6-9-8;/h1-4H,5-6H2;1H. The van der Waals surface area contributed by atoms with E-state index in [1.54, 1.807) is 0 Å². The Balaban J connectivity index is 0.000000500. The van der Waals surface area contributed by atoms with Crippen LogP contribution in [0.4, 0.5) is 0 Å². The van der Waals surface area contributed by atoms with Crippen LogP contribution in [0, 0.1) is 0 Å². The van der Waals surface area contributed by atoms with Crippen LogP contribution in [0.3, 0.4) is 0 Å². The zero-order chi connectivity index (χ0) is 6.10. The topological polar surface area (TPSA) is 9.23 Å². The van der Waals surface area contributed by atoms with Crippen molar-refractivity contribution in [2.75, 3.05) is 6.61 Å². The second-order valence-electron chi connectivity index (χ2n) is 2.21. The number of halogens is 1. The maximum atomic E-state index is 5.30. The molecule has 2 rings (SSSR count). The van der Waals surface area contributed by atoms with Crippen LogP contribution in [-0.2, 0) is 6.42 Å². The molecule has 0 aromatic heterocycles. The summed E-state index contributed by atoms with van der Waals surface area (Å²) >= 11 is 0. The zero-order valence-electron chi connectivity index (χ0n) is 5.54. The fourth-order valence-corrected chi connectivity index (χ4v) is 1.12. The van der Waals surface area contributed by atoms with Gasteiger partial charge in [0.25, 0.3) is 0 Å². The molecular weight excluding hydrogens is 148 g/mol. The van der Waals surface area contributed by atoms with Crippen molar-refractivity contribution in [3.63, 3.8) is 0 Å². The molecule has 2 heteroatoms. The van der Waals surface area contributed by atoms with Gasteiger partial charge < -0.3 is 4.74 Å². The molecular formula is C8H9ClO. The van der Waals surface area contributed by atoms with Crippen molar-refractivity contribution in [2.24, 2.45) is 0 Å². The maximum Gasteiger partial charge on any atom is 0.122 e. The van der Waals surface area contributed by atoms with Crippen molar-refractivity contribution in [2.45, 2.75) is 6.42 Å². The summed E-state index contributed by atoms with van der Waals surface area (Å²) in [6.45, 7) is 0.860. The lowest BCUT2D eigenvalue weighted by Gasteiger charge is -1.93. The van der Waals surface area contributed by atoms with Crippen LogP contribution in [0.5, 0.6) is 5.75 Å². The Hall–Kier alpha value is -0.690. The summed E-state index contributed by atoms with van der Waals surface area (Å²) in [4.78, 5) is 0. The van der Waals surface area contributed by atoms with Crippen molar-refractivity contribution in [1.29, 1.82) is 0 Å². The highest BCUT2D eigenvalue weighted by Gasteiger charge is 2.08. The highest BCUT2D eigenvalue weighted by atomic mass is 35.5. The van der Waals surface area contributed by atoms with Crippen LogP contribution >= 0.6 is 12.4 Å². The summed E-state index contributed by atoms with van der Waals surface area (Å²) in [5, 5.41) is 0. The van der Waals surface area contributed by atoms with Crippen molar-refractivity contribution in [1.82, 2.24) is 0 Å². The second-order valence-corrected chi connectivity index (χ2v) is 2.21. The van der Waals surface area contributed by atoms with Gasteiger partial charge in [-0.15, -0.1) is 12.4 Å². The van der Waals surface area contributed by atoms with Crippen LogP contribution in [0.25, 0.3) is 0 Å². The van der Waals surface area contributed by atoms with E-state index in [0.717, 1.165) is 18.8 Å². The number of hydrogen-bond donors (Lipinski definition) is 0. The van der Waals surface area contributed by atoms with E-state index in [9.17, 15) is 0 Å². The third-order valence-electron chi connectivity index (χ3n) is 1.60. The SMILES string of the molecule is Cl.c1ccc2c(c1)CCO2. The number of hydrogen-bond acceptors (Lipinski definition) is 1. The van der Waals surface area contributed by atoms with Crippen molar-refractivity contribution in [3.05, 3.63) is 29.8 Å². The van der Waals surface area contributed by atoms with Crippen molar-refractivity contribution in [3.8, 4) is 5.75 Å². The van der Waals surface area contributed by atoms with Crippen LogP contribution < -0.4 is 4.74 Å². The Labute approximate surface area is 66.4 Å². The molecule has 0 bridgehead atoms. The average molecular weight is 157 g/mol. The second kappa shape index (κ2) is 2.93. The van der Waals surface area contributed by atoms with E-state index < -0.39 is 0 Å². The molecule has 54 valence electrons. The molecule has 0 N–H and O–H groups in total. The number of benzene rings is 1. The molecule has 1 nitrogen and oxygen atoms in total. The molecule has 1 aliphatic heterocycles. The van der Waals surface area contributed by atoms with Gasteiger partial charge in [0, 0.05) is 6.42 Å². The normalized spacial score (nSPS) is 13.2. The Morgan fingerprint density at radius 3 is 2.80 bits per heavy atom. The molecule has 0 unspecified atom stereocenters. The first-order valence-corrected chi connectivity index (χ1v) is 3.17. The third-order valence-corrected chi connectivity index (χ3v) is 1.60. The van der Waals surface area contributed by atoms with Gasteiger partial charge in [0.1, 0.15) is 5.75 Å². The summed E-state index contributed by atoms with van der Waals surface area (Å²) in [7, 11) is 0. The Bertz CT molecular complexity index is 199. The summed E-state index contributed by atoms with van der Waals surface area (Å²) in [6.07, 6.45) is 1.08. The minimum atomic E-state index is 0. The number of para-hydroxylation sites is 1. The van der Waals surface area contributed by atoms with E-state index in [2.05, 4.69) is 6.07 Å². The van der Waals surface area contributed by atoms with Crippen molar-refractivity contribution >= 4 is 12.4 Å². The molecule has 0 spiro atoms. The molecule has 10 heavy (non-hydrogen) atoms. The predicted molar refractivity (Wildman–Crippen MR) is 42.9 cm³/mol. The van der Waals surface area contributed by atoms with Crippen LogP contribution in [0.2, 0.25) is 0 Å². The lowest BCUT2D eigenvalue weighted by molar-refractivity contribution is 0.357. The molecule has 0 atom stereocenters. The highest BCUT2D eigenvalue weighted by molar-refractivity contribution is 5.85. The number of rotatable bonds is 0. The lowest BCUT2D eigenvalue weighted by Crippen LogP contribution is -1.85. The molecule has 1 heterocycles. The van der Waals surface area contributed by atoms with E-state index in [0.29, 0.717) is 0 Å². The molecule has 1 aliphatic rings. The summed E-state index contributed by atoms with van der Waals surface area (Å²) in [5.74, 6) is 1.07. The van der Waals surface area contributed by atoms with E-state index in [-0.39, 0.29) is 12.4 Å². The van der Waals surface area contributed by atoms with E-state index in [1.165, 1.54) is 5.56 Å². The summed E-state index contributed by atoms with van der Waals surface area (Å²) < 4.78 is 5.30. The van der Waals surface area contributed by atoms with Gasteiger partial charge in [-0.05, 0) is 11.6 Å². The van der Waals surface area contributed by atoms with Gasteiger partial charge in [0.15, 0.2) is 0 Å². The largest absolute Gasteiger partial charge is 0.493 e. The molecule has 0 saturated carbocycles. The van der Waals surface area contributed by atoms with Gasteiger partial charge >= 0.3 is 0 Å². The third kappa shape index (κ3) is 1.09. The fraction of sp³-hybridized carbons (Fsp3) is 0.250. The molecule has 0 aliphatic carbocycles. The minimum absolute atomic E-state index is 0. The maximum absolute atomic E-state index is 5.30. The monoisotopic (exact) mass is 156 g/mol. The zero-order valence-corrected chi connectivity index (χ0v) is 6.36. The van der Waals surface area contributed by atoms with E-state index in [1.807, 2.05) is 18.2 Å². The van der Waals surface area contributed by atoms with Crippen LogP contribution in [0.15, 0.2) is 24.3 Å². The minimum Gasteiger partial charge on any atom is -0.493 e.